The molecule has 1 N–H and O–H groups in total. The standard InChI is InChI=1S/C14H12N2/c1-2-4-11(5-3-1)8-12-6-7-14-13(9-12)10-15-16-14/h1-7,9-10H,8H2,(H,15,16). The minimum Gasteiger partial charge on any atom is -0.278 e. The Morgan fingerprint density at radius 1 is 0.938 bits per heavy atom. The largest absolute Gasteiger partial charge is 0.278 e. The zero-order valence-corrected chi connectivity index (χ0v) is 8.85. The first-order chi connectivity index (χ1) is 7.92. The summed E-state index contributed by atoms with van der Waals surface area (Å²) in [7, 11) is 0. The number of rotatable bonds is 2. The molecule has 0 aliphatic rings. The van der Waals surface area contributed by atoms with Gasteiger partial charge < -0.3 is 0 Å². The van der Waals surface area contributed by atoms with E-state index in [1.54, 1.807) is 0 Å². The van der Waals surface area contributed by atoms with Crippen molar-refractivity contribution in [3.05, 3.63) is 65.9 Å². The van der Waals surface area contributed by atoms with Crippen molar-refractivity contribution in [1.29, 1.82) is 0 Å². The van der Waals surface area contributed by atoms with Crippen LogP contribution in [-0.4, -0.2) is 10.2 Å². The zero-order valence-electron chi connectivity index (χ0n) is 8.85. The average molecular weight is 208 g/mol. The van der Waals surface area contributed by atoms with E-state index in [1.165, 1.54) is 16.5 Å². The second-order valence-corrected chi connectivity index (χ2v) is 3.95. The second kappa shape index (κ2) is 3.81. The van der Waals surface area contributed by atoms with Crippen molar-refractivity contribution < 1.29 is 0 Å². The Hall–Kier alpha value is -2.09. The van der Waals surface area contributed by atoms with E-state index in [1.807, 2.05) is 12.3 Å². The summed E-state index contributed by atoms with van der Waals surface area (Å²) in [6.07, 6.45) is 2.84. The minimum absolute atomic E-state index is 0.974. The van der Waals surface area contributed by atoms with Gasteiger partial charge >= 0.3 is 0 Å². The Morgan fingerprint density at radius 3 is 2.69 bits per heavy atom. The lowest BCUT2D eigenvalue weighted by molar-refractivity contribution is 1.12. The summed E-state index contributed by atoms with van der Waals surface area (Å²) < 4.78 is 0. The quantitative estimate of drug-likeness (QED) is 0.688. The lowest BCUT2D eigenvalue weighted by Gasteiger charge is -2.01. The third-order valence-corrected chi connectivity index (χ3v) is 2.76. The minimum atomic E-state index is 0.974. The van der Waals surface area contributed by atoms with E-state index in [2.05, 4.69) is 52.7 Å². The number of hydrogen-bond donors (Lipinski definition) is 1. The van der Waals surface area contributed by atoms with Crippen LogP contribution in [0.2, 0.25) is 0 Å². The van der Waals surface area contributed by atoms with Gasteiger partial charge in [-0.25, -0.2) is 0 Å². The first-order valence-corrected chi connectivity index (χ1v) is 5.38. The molecule has 1 heterocycles. The van der Waals surface area contributed by atoms with Gasteiger partial charge in [0.15, 0.2) is 0 Å². The highest BCUT2D eigenvalue weighted by molar-refractivity contribution is 5.78. The summed E-state index contributed by atoms with van der Waals surface area (Å²) in [4.78, 5) is 0. The molecule has 2 nitrogen and oxygen atoms in total. The molecule has 78 valence electrons. The van der Waals surface area contributed by atoms with Crippen LogP contribution in [0, 0.1) is 0 Å². The van der Waals surface area contributed by atoms with Crippen LogP contribution < -0.4 is 0 Å². The SMILES string of the molecule is c1ccc(Cc2ccc3[nH]ncc3c2)cc1. The molecule has 0 saturated heterocycles. The Morgan fingerprint density at radius 2 is 1.81 bits per heavy atom. The molecule has 0 atom stereocenters. The molecular weight excluding hydrogens is 196 g/mol. The fourth-order valence-corrected chi connectivity index (χ4v) is 1.93. The Kier molecular flexibility index (Phi) is 2.18. The molecule has 2 aromatic carbocycles. The maximum Gasteiger partial charge on any atom is 0.0650 e. The average Bonchev–Trinajstić information content (AvgIpc) is 2.77. The van der Waals surface area contributed by atoms with E-state index in [9.17, 15) is 0 Å². The Bertz CT molecular complexity index is 596. The molecule has 1 aromatic heterocycles. The molecule has 0 unspecified atom stereocenters. The van der Waals surface area contributed by atoms with E-state index in [0.29, 0.717) is 0 Å². The molecule has 0 bridgehead atoms. The number of H-pyrrole nitrogens is 1. The molecule has 0 aliphatic heterocycles. The highest BCUT2D eigenvalue weighted by atomic mass is 15.1. The van der Waals surface area contributed by atoms with E-state index in [4.69, 9.17) is 0 Å². The number of benzene rings is 2. The lowest BCUT2D eigenvalue weighted by atomic mass is 10.0. The van der Waals surface area contributed by atoms with Gasteiger partial charge in [0.2, 0.25) is 0 Å². The van der Waals surface area contributed by atoms with Crippen LogP contribution in [0.3, 0.4) is 0 Å². The molecule has 3 aromatic rings. The predicted octanol–water partition coefficient (Wildman–Crippen LogP) is 3.15. The highest BCUT2D eigenvalue weighted by Crippen LogP contribution is 2.15. The molecule has 0 amide bonds. The monoisotopic (exact) mass is 208 g/mol. The van der Waals surface area contributed by atoms with Crippen LogP contribution in [0.15, 0.2) is 54.7 Å². The molecule has 3 rings (SSSR count). The fraction of sp³-hybridized carbons (Fsp3) is 0.0714. The van der Waals surface area contributed by atoms with E-state index in [-0.39, 0.29) is 0 Å². The first-order valence-electron chi connectivity index (χ1n) is 5.38. The molecular formula is C14H12N2. The van der Waals surface area contributed by atoms with Crippen LogP contribution in [0.25, 0.3) is 10.9 Å². The van der Waals surface area contributed by atoms with Gasteiger partial charge in [0.1, 0.15) is 0 Å². The Balaban J connectivity index is 1.94. The summed E-state index contributed by atoms with van der Waals surface area (Å²) in [6.45, 7) is 0. The number of aromatic nitrogens is 2. The van der Waals surface area contributed by atoms with Crippen molar-refractivity contribution in [2.24, 2.45) is 0 Å². The smallest absolute Gasteiger partial charge is 0.0650 e. The highest BCUT2D eigenvalue weighted by Gasteiger charge is 1.99. The van der Waals surface area contributed by atoms with Gasteiger partial charge in [-0.15, -0.1) is 0 Å². The van der Waals surface area contributed by atoms with Crippen LogP contribution in [0.1, 0.15) is 11.1 Å². The number of nitrogens with one attached hydrogen (secondary N) is 1. The van der Waals surface area contributed by atoms with Crippen molar-refractivity contribution in [3.63, 3.8) is 0 Å². The number of hydrogen-bond acceptors (Lipinski definition) is 1. The summed E-state index contributed by atoms with van der Waals surface area (Å²) in [6, 6.07) is 16.9. The van der Waals surface area contributed by atoms with Crippen molar-refractivity contribution in [2.45, 2.75) is 6.42 Å². The Labute approximate surface area is 93.9 Å². The third-order valence-electron chi connectivity index (χ3n) is 2.76. The zero-order chi connectivity index (χ0) is 10.8. The van der Waals surface area contributed by atoms with Crippen LogP contribution in [0.5, 0.6) is 0 Å². The number of fused-ring (bicyclic) bond motifs is 1. The van der Waals surface area contributed by atoms with Gasteiger partial charge in [-0.05, 0) is 29.7 Å². The van der Waals surface area contributed by atoms with Gasteiger partial charge in [0.05, 0.1) is 11.7 Å². The van der Waals surface area contributed by atoms with Crippen molar-refractivity contribution in [3.8, 4) is 0 Å². The molecule has 0 fully saturated rings. The molecule has 0 spiro atoms. The summed E-state index contributed by atoms with van der Waals surface area (Å²) in [5, 5.41) is 8.16. The van der Waals surface area contributed by atoms with Gasteiger partial charge in [-0.3, -0.25) is 5.10 Å². The molecule has 0 saturated carbocycles. The van der Waals surface area contributed by atoms with E-state index in [0.717, 1.165) is 11.9 Å². The van der Waals surface area contributed by atoms with Gasteiger partial charge in [-0.1, -0.05) is 36.4 Å². The maximum absolute atomic E-state index is 4.02. The van der Waals surface area contributed by atoms with E-state index < -0.39 is 0 Å². The molecule has 16 heavy (non-hydrogen) atoms. The molecule has 0 radical (unpaired) electrons. The molecule has 2 heteroatoms. The van der Waals surface area contributed by atoms with Gasteiger partial charge in [-0.2, -0.15) is 5.10 Å². The van der Waals surface area contributed by atoms with Gasteiger partial charge in [0, 0.05) is 5.39 Å². The summed E-state index contributed by atoms with van der Waals surface area (Å²) in [5.41, 5.74) is 3.75. The van der Waals surface area contributed by atoms with Crippen molar-refractivity contribution in [1.82, 2.24) is 10.2 Å². The first kappa shape index (κ1) is 9.16. The molecule has 0 aliphatic carbocycles. The van der Waals surface area contributed by atoms with Crippen molar-refractivity contribution >= 4 is 10.9 Å². The number of aromatic amines is 1. The third kappa shape index (κ3) is 1.70. The summed E-state index contributed by atoms with van der Waals surface area (Å²) >= 11 is 0. The van der Waals surface area contributed by atoms with Crippen LogP contribution in [0.4, 0.5) is 0 Å². The van der Waals surface area contributed by atoms with Crippen LogP contribution >= 0.6 is 0 Å². The van der Waals surface area contributed by atoms with Gasteiger partial charge in [0.25, 0.3) is 0 Å². The van der Waals surface area contributed by atoms with Crippen LogP contribution in [-0.2, 0) is 6.42 Å². The second-order valence-electron chi connectivity index (χ2n) is 3.95. The number of nitrogens with zero attached hydrogens (tertiary/aromatic N) is 1. The fourth-order valence-electron chi connectivity index (χ4n) is 1.93. The van der Waals surface area contributed by atoms with E-state index >= 15 is 0 Å². The summed E-state index contributed by atoms with van der Waals surface area (Å²) in [5.74, 6) is 0. The predicted molar refractivity (Wildman–Crippen MR) is 65.3 cm³/mol. The van der Waals surface area contributed by atoms with Crippen molar-refractivity contribution in [2.75, 3.05) is 0 Å². The normalized spacial score (nSPS) is 10.8. The lowest BCUT2D eigenvalue weighted by Crippen LogP contribution is -1.86. The maximum atomic E-state index is 4.02. The topological polar surface area (TPSA) is 28.7 Å².